The van der Waals surface area contributed by atoms with E-state index in [0.717, 1.165) is 0 Å². The van der Waals surface area contributed by atoms with Crippen LogP contribution in [0.2, 0.25) is 0 Å². The number of thiocarbonyl (C=S) groups is 1. The highest BCUT2D eigenvalue weighted by Crippen LogP contribution is 2.25. The number of aromatic nitrogens is 1. The van der Waals surface area contributed by atoms with Crippen LogP contribution in [-0.4, -0.2) is 47.0 Å². The Labute approximate surface area is 123 Å². The van der Waals surface area contributed by atoms with E-state index in [9.17, 15) is 13.5 Å². The lowest BCUT2D eigenvalue weighted by atomic mass is 9.99. The van der Waals surface area contributed by atoms with E-state index < -0.39 is 16.1 Å². The van der Waals surface area contributed by atoms with Crippen LogP contribution in [-0.2, 0) is 10.0 Å². The van der Waals surface area contributed by atoms with Gasteiger partial charge < -0.3 is 10.8 Å². The van der Waals surface area contributed by atoms with Crippen LogP contribution in [0.5, 0.6) is 0 Å². The molecule has 2 atom stereocenters. The maximum atomic E-state index is 12.7. The molecule has 0 spiro atoms. The quantitative estimate of drug-likeness (QED) is 0.768. The fourth-order valence-corrected chi connectivity index (χ4v) is 4.18. The van der Waals surface area contributed by atoms with E-state index in [2.05, 4.69) is 4.98 Å². The van der Waals surface area contributed by atoms with Crippen LogP contribution < -0.4 is 5.73 Å². The number of aliphatic hydroxyl groups excluding tert-OH is 1. The first-order valence-electron chi connectivity index (χ1n) is 6.27. The summed E-state index contributed by atoms with van der Waals surface area (Å²) in [6.45, 7) is 2.37. The third-order valence-corrected chi connectivity index (χ3v) is 5.53. The molecule has 0 bridgehead atoms. The van der Waals surface area contributed by atoms with Crippen molar-refractivity contribution in [3.05, 3.63) is 24.0 Å². The summed E-state index contributed by atoms with van der Waals surface area (Å²) >= 11 is 4.85. The lowest BCUT2D eigenvalue weighted by molar-refractivity contribution is 0.0628. The number of hydrogen-bond acceptors (Lipinski definition) is 5. The summed E-state index contributed by atoms with van der Waals surface area (Å²) in [6, 6.07) is 2.99. The molecule has 110 valence electrons. The zero-order valence-electron chi connectivity index (χ0n) is 11.1. The maximum Gasteiger partial charge on any atom is 0.245 e. The molecule has 0 amide bonds. The standard InChI is InChI=1S/C12H17N3O3S2/c1-8-7-15(6-4-9(8)16)20(17,18)10-3-2-5-14-11(10)12(13)19/h2-3,5,8-9,16H,4,6-7H2,1H3,(H2,13,19). The lowest BCUT2D eigenvalue weighted by Crippen LogP contribution is -2.45. The third-order valence-electron chi connectivity index (χ3n) is 3.44. The van der Waals surface area contributed by atoms with Crippen molar-refractivity contribution in [3.8, 4) is 0 Å². The Bertz CT molecular complexity index is 618. The maximum absolute atomic E-state index is 12.7. The van der Waals surface area contributed by atoms with E-state index in [1.807, 2.05) is 6.92 Å². The fraction of sp³-hybridized carbons (Fsp3) is 0.500. The van der Waals surface area contributed by atoms with Gasteiger partial charge in [0.25, 0.3) is 0 Å². The second-order valence-electron chi connectivity index (χ2n) is 4.91. The molecular weight excluding hydrogens is 298 g/mol. The molecular formula is C12H17N3O3S2. The summed E-state index contributed by atoms with van der Waals surface area (Å²) in [6.07, 6.45) is 1.41. The van der Waals surface area contributed by atoms with Gasteiger partial charge in [-0.1, -0.05) is 19.1 Å². The van der Waals surface area contributed by atoms with Crippen molar-refractivity contribution in [3.63, 3.8) is 0 Å². The average Bonchev–Trinajstić information content (AvgIpc) is 2.41. The van der Waals surface area contributed by atoms with E-state index in [1.165, 1.54) is 22.6 Å². The minimum Gasteiger partial charge on any atom is -0.393 e. The molecule has 0 aromatic carbocycles. The van der Waals surface area contributed by atoms with Gasteiger partial charge >= 0.3 is 0 Å². The van der Waals surface area contributed by atoms with Crippen LogP contribution in [0.3, 0.4) is 0 Å². The van der Waals surface area contributed by atoms with E-state index in [0.29, 0.717) is 6.42 Å². The number of rotatable bonds is 3. The minimum absolute atomic E-state index is 0.0242. The van der Waals surface area contributed by atoms with Crippen molar-refractivity contribution in [1.82, 2.24) is 9.29 Å². The van der Waals surface area contributed by atoms with E-state index in [1.54, 1.807) is 0 Å². The highest BCUT2D eigenvalue weighted by atomic mass is 32.2. The van der Waals surface area contributed by atoms with E-state index in [4.69, 9.17) is 18.0 Å². The van der Waals surface area contributed by atoms with Crippen molar-refractivity contribution < 1.29 is 13.5 Å². The molecule has 0 radical (unpaired) electrons. The van der Waals surface area contributed by atoms with Crippen molar-refractivity contribution in [2.45, 2.75) is 24.3 Å². The van der Waals surface area contributed by atoms with Crippen molar-refractivity contribution in [2.75, 3.05) is 13.1 Å². The Hall–Kier alpha value is -1.09. The molecule has 1 fully saturated rings. The summed E-state index contributed by atoms with van der Waals surface area (Å²) in [5, 5.41) is 9.70. The Morgan fingerprint density at radius 2 is 2.30 bits per heavy atom. The first-order chi connectivity index (χ1) is 9.34. The van der Waals surface area contributed by atoms with Gasteiger partial charge in [-0.25, -0.2) is 8.42 Å². The highest BCUT2D eigenvalue weighted by Gasteiger charge is 2.34. The monoisotopic (exact) mass is 315 g/mol. The molecule has 20 heavy (non-hydrogen) atoms. The van der Waals surface area contributed by atoms with Gasteiger partial charge in [0.1, 0.15) is 15.6 Å². The van der Waals surface area contributed by atoms with Gasteiger partial charge in [0, 0.05) is 19.3 Å². The molecule has 1 aliphatic heterocycles. The van der Waals surface area contributed by atoms with Crippen LogP contribution >= 0.6 is 12.2 Å². The van der Waals surface area contributed by atoms with Crippen molar-refractivity contribution in [1.29, 1.82) is 0 Å². The zero-order valence-corrected chi connectivity index (χ0v) is 12.7. The molecule has 0 aliphatic carbocycles. The number of nitrogens with two attached hydrogens (primary N) is 1. The summed E-state index contributed by atoms with van der Waals surface area (Å²) in [5.74, 6) is -0.108. The summed E-state index contributed by atoms with van der Waals surface area (Å²) in [4.78, 5) is 3.93. The van der Waals surface area contributed by atoms with Gasteiger partial charge in [-0.2, -0.15) is 4.31 Å². The van der Waals surface area contributed by atoms with Gasteiger partial charge in [-0.05, 0) is 24.5 Å². The molecule has 0 saturated carbocycles. The van der Waals surface area contributed by atoms with Crippen LogP contribution in [0, 0.1) is 5.92 Å². The molecule has 2 unspecified atom stereocenters. The second kappa shape index (κ2) is 5.72. The summed E-state index contributed by atoms with van der Waals surface area (Å²) < 4.78 is 26.7. The Morgan fingerprint density at radius 3 is 2.90 bits per heavy atom. The van der Waals surface area contributed by atoms with Crippen molar-refractivity contribution >= 4 is 27.2 Å². The number of sulfonamides is 1. The Balaban J connectivity index is 2.39. The van der Waals surface area contributed by atoms with Crippen LogP contribution in [0.1, 0.15) is 19.0 Å². The molecule has 6 nitrogen and oxygen atoms in total. The van der Waals surface area contributed by atoms with Gasteiger partial charge in [-0.3, -0.25) is 4.98 Å². The molecule has 2 rings (SSSR count). The van der Waals surface area contributed by atoms with Crippen LogP contribution in [0.25, 0.3) is 0 Å². The Morgan fingerprint density at radius 1 is 1.60 bits per heavy atom. The molecule has 8 heteroatoms. The Kier molecular flexibility index (Phi) is 4.38. The molecule has 3 N–H and O–H groups in total. The number of hydrogen-bond donors (Lipinski definition) is 2. The topological polar surface area (TPSA) is 96.5 Å². The minimum atomic E-state index is -3.70. The SMILES string of the molecule is CC1CN(S(=O)(=O)c2cccnc2C(N)=S)CCC1O. The predicted octanol–water partition coefficient (Wildman–Crippen LogP) is 0.107. The molecule has 1 aliphatic rings. The van der Waals surface area contributed by atoms with Gasteiger partial charge in [-0.15, -0.1) is 0 Å². The average molecular weight is 315 g/mol. The van der Waals surface area contributed by atoms with E-state index in [-0.39, 0.29) is 34.6 Å². The lowest BCUT2D eigenvalue weighted by Gasteiger charge is -2.33. The molecule has 2 heterocycles. The fourth-order valence-electron chi connectivity index (χ4n) is 2.24. The van der Waals surface area contributed by atoms with Crippen LogP contribution in [0.15, 0.2) is 23.2 Å². The normalized spacial score (nSPS) is 24.5. The largest absolute Gasteiger partial charge is 0.393 e. The molecule has 1 aromatic rings. The molecule has 1 aromatic heterocycles. The van der Waals surface area contributed by atoms with Crippen molar-refractivity contribution in [2.24, 2.45) is 11.7 Å². The van der Waals surface area contributed by atoms with Gasteiger partial charge in [0.2, 0.25) is 10.0 Å². The molecule has 1 saturated heterocycles. The number of aliphatic hydroxyl groups is 1. The smallest absolute Gasteiger partial charge is 0.245 e. The third kappa shape index (κ3) is 2.83. The number of nitrogens with zero attached hydrogens (tertiary/aromatic N) is 2. The van der Waals surface area contributed by atoms with Gasteiger partial charge in [0.15, 0.2) is 0 Å². The summed E-state index contributed by atoms with van der Waals surface area (Å²) in [5.41, 5.74) is 5.65. The number of piperidine rings is 1. The first-order valence-corrected chi connectivity index (χ1v) is 8.12. The van der Waals surface area contributed by atoms with Gasteiger partial charge in [0.05, 0.1) is 6.10 Å². The van der Waals surface area contributed by atoms with E-state index >= 15 is 0 Å². The predicted molar refractivity (Wildman–Crippen MR) is 78.7 cm³/mol. The zero-order chi connectivity index (χ0) is 14.9. The van der Waals surface area contributed by atoms with Crippen LogP contribution in [0.4, 0.5) is 0 Å². The summed E-state index contributed by atoms with van der Waals surface area (Å²) in [7, 11) is -3.70. The first kappa shape index (κ1) is 15.3. The highest BCUT2D eigenvalue weighted by molar-refractivity contribution is 7.89. The second-order valence-corrected chi connectivity index (χ2v) is 7.26. The number of pyridine rings is 1.